The smallest absolute Gasteiger partial charge is 0.318 e. The lowest BCUT2D eigenvalue weighted by Gasteiger charge is -2.16. The van der Waals surface area contributed by atoms with Gasteiger partial charge in [0.1, 0.15) is 0 Å². The third-order valence-electron chi connectivity index (χ3n) is 1.19. The van der Waals surface area contributed by atoms with Crippen LogP contribution in [0.3, 0.4) is 0 Å². The van der Waals surface area contributed by atoms with Gasteiger partial charge in [-0.15, -0.1) is 0 Å². The molecule has 1 heterocycles. The lowest BCUT2D eigenvalue weighted by Crippen LogP contribution is -2.33. The number of carbonyl (C=O) groups excluding carboxylic acids is 1. The highest BCUT2D eigenvalue weighted by Crippen LogP contribution is 1.91. The van der Waals surface area contributed by atoms with Gasteiger partial charge in [0.25, 0.3) is 0 Å². The number of urea groups is 1. The van der Waals surface area contributed by atoms with E-state index in [1.165, 1.54) is 9.80 Å². The molecule has 0 N–H and O–H groups in total. The van der Waals surface area contributed by atoms with Crippen LogP contribution < -0.4 is 0 Å². The average Bonchev–Trinajstić information content (AvgIpc) is 2.59. The lowest BCUT2D eigenvalue weighted by molar-refractivity contribution is 0.191. The Labute approximate surface area is 83.6 Å². The van der Waals surface area contributed by atoms with Crippen molar-refractivity contribution < 1.29 is 4.79 Å². The minimum absolute atomic E-state index is 0.0185. The largest absolute Gasteiger partial charge is 0.331 e. The third-order valence-corrected chi connectivity index (χ3v) is 1.82. The molecule has 0 fully saturated rings. The van der Waals surface area contributed by atoms with Crippen LogP contribution in [-0.2, 0) is 0 Å². The molecule has 0 radical (unpaired) electrons. The molecule has 0 unspecified atom stereocenters. The summed E-state index contributed by atoms with van der Waals surface area (Å²) in [6.45, 7) is 0. The average molecular weight is 200 g/mol. The molecule has 0 bridgehead atoms. The highest BCUT2D eigenvalue weighted by atomic mass is 32.1. The molecule has 0 saturated carbocycles. The number of carbonyl (C=O) groups is 1. The van der Waals surface area contributed by atoms with Crippen molar-refractivity contribution >= 4 is 17.4 Å². The van der Waals surface area contributed by atoms with E-state index >= 15 is 0 Å². The standard InChI is InChI=1S/C5H12N2O.C4H4S/c1-6(2)5(8)7(3)4;1-2-4-5-3-1/h1-4H3;1-4H. The predicted molar refractivity (Wildman–Crippen MR) is 57.1 cm³/mol. The van der Waals surface area contributed by atoms with E-state index in [0.717, 1.165) is 0 Å². The summed E-state index contributed by atoms with van der Waals surface area (Å²) >= 11 is 1.71. The van der Waals surface area contributed by atoms with Crippen molar-refractivity contribution in [3.8, 4) is 0 Å². The molecular weight excluding hydrogens is 184 g/mol. The Bertz CT molecular complexity index is 192. The zero-order valence-corrected chi connectivity index (χ0v) is 9.34. The Morgan fingerprint density at radius 3 is 1.46 bits per heavy atom. The molecular formula is C9H16N2OS. The van der Waals surface area contributed by atoms with Crippen molar-refractivity contribution in [2.24, 2.45) is 0 Å². The second-order valence-corrected chi connectivity index (χ2v) is 3.68. The number of rotatable bonds is 0. The maximum absolute atomic E-state index is 10.7. The van der Waals surface area contributed by atoms with E-state index in [4.69, 9.17) is 0 Å². The van der Waals surface area contributed by atoms with Crippen LogP contribution in [0.25, 0.3) is 0 Å². The van der Waals surface area contributed by atoms with Crippen molar-refractivity contribution in [1.82, 2.24) is 9.80 Å². The van der Waals surface area contributed by atoms with Gasteiger partial charge < -0.3 is 9.80 Å². The molecule has 13 heavy (non-hydrogen) atoms. The number of thiophene rings is 1. The molecule has 0 aliphatic carbocycles. The Morgan fingerprint density at radius 2 is 1.38 bits per heavy atom. The first-order valence-corrected chi connectivity index (χ1v) is 4.85. The van der Waals surface area contributed by atoms with Crippen LogP contribution in [-0.4, -0.2) is 44.0 Å². The first-order valence-electron chi connectivity index (χ1n) is 3.91. The molecule has 3 nitrogen and oxygen atoms in total. The normalized spacial score (nSPS) is 8.31. The Hall–Kier alpha value is -1.03. The number of nitrogens with zero attached hydrogens (tertiary/aromatic N) is 2. The molecule has 1 aromatic rings. The topological polar surface area (TPSA) is 23.6 Å². The molecule has 0 aromatic carbocycles. The van der Waals surface area contributed by atoms with E-state index in [1.54, 1.807) is 39.5 Å². The second-order valence-electron chi connectivity index (χ2n) is 2.86. The van der Waals surface area contributed by atoms with Crippen LogP contribution in [0.1, 0.15) is 0 Å². The van der Waals surface area contributed by atoms with E-state index in [1.807, 2.05) is 22.9 Å². The van der Waals surface area contributed by atoms with Crippen molar-refractivity contribution in [3.05, 3.63) is 22.9 Å². The first kappa shape index (κ1) is 12.0. The highest BCUT2D eigenvalue weighted by molar-refractivity contribution is 7.07. The molecule has 0 aliphatic rings. The van der Waals surface area contributed by atoms with Gasteiger partial charge in [-0.1, -0.05) is 12.1 Å². The minimum atomic E-state index is 0.0185. The summed E-state index contributed by atoms with van der Waals surface area (Å²) in [7, 11) is 6.90. The van der Waals surface area contributed by atoms with Gasteiger partial charge in [0.05, 0.1) is 0 Å². The van der Waals surface area contributed by atoms with Gasteiger partial charge in [0.15, 0.2) is 0 Å². The van der Waals surface area contributed by atoms with E-state index in [9.17, 15) is 4.79 Å². The fourth-order valence-corrected chi connectivity index (χ4v) is 1.08. The number of hydrogen-bond donors (Lipinski definition) is 0. The molecule has 74 valence electrons. The van der Waals surface area contributed by atoms with Gasteiger partial charge >= 0.3 is 6.03 Å². The van der Waals surface area contributed by atoms with Crippen LogP contribution >= 0.6 is 11.3 Å². The minimum Gasteiger partial charge on any atom is -0.331 e. The fourth-order valence-electron chi connectivity index (χ4n) is 0.627. The Kier molecular flexibility index (Phi) is 5.97. The fraction of sp³-hybridized carbons (Fsp3) is 0.444. The Balaban J connectivity index is 0.000000243. The summed E-state index contributed by atoms with van der Waals surface area (Å²) in [5.41, 5.74) is 0. The van der Waals surface area contributed by atoms with Crippen molar-refractivity contribution in [2.45, 2.75) is 0 Å². The summed E-state index contributed by atoms with van der Waals surface area (Å²) in [4.78, 5) is 13.8. The van der Waals surface area contributed by atoms with Crippen molar-refractivity contribution in [3.63, 3.8) is 0 Å². The summed E-state index contributed by atoms with van der Waals surface area (Å²) in [5, 5.41) is 4.08. The van der Waals surface area contributed by atoms with Crippen molar-refractivity contribution in [1.29, 1.82) is 0 Å². The second kappa shape index (κ2) is 6.48. The molecule has 4 heteroatoms. The molecule has 0 aliphatic heterocycles. The molecule has 1 rings (SSSR count). The van der Waals surface area contributed by atoms with E-state index < -0.39 is 0 Å². The zero-order chi connectivity index (χ0) is 10.3. The molecule has 0 spiro atoms. The summed E-state index contributed by atoms with van der Waals surface area (Å²) in [5.74, 6) is 0. The molecule has 0 saturated heterocycles. The first-order chi connectivity index (χ1) is 6.05. The SMILES string of the molecule is CN(C)C(=O)N(C)C.c1ccsc1. The Morgan fingerprint density at radius 1 is 1.00 bits per heavy atom. The van der Waals surface area contributed by atoms with Gasteiger partial charge in [-0.2, -0.15) is 11.3 Å². The van der Waals surface area contributed by atoms with Gasteiger partial charge in [0.2, 0.25) is 0 Å². The predicted octanol–water partition coefficient (Wildman–Crippen LogP) is 1.98. The quantitative estimate of drug-likeness (QED) is 0.628. The number of amides is 2. The van der Waals surface area contributed by atoms with Gasteiger partial charge in [-0.3, -0.25) is 0 Å². The summed E-state index contributed by atoms with van der Waals surface area (Å²) in [6.07, 6.45) is 0. The van der Waals surface area contributed by atoms with Crippen LogP contribution in [0.5, 0.6) is 0 Å². The van der Waals surface area contributed by atoms with Crippen LogP contribution in [0.2, 0.25) is 0 Å². The summed E-state index contributed by atoms with van der Waals surface area (Å²) < 4.78 is 0. The monoisotopic (exact) mass is 200 g/mol. The van der Waals surface area contributed by atoms with Gasteiger partial charge in [0, 0.05) is 28.2 Å². The zero-order valence-electron chi connectivity index (χ0n) is 8.52. The van der Waals surface area contributed by atoms with Gasteiger partial charge in [-0.05, 0) is 10.8 Å². The lowest BCUT2D eigenvalue weighted by atomic mass is 10.7. The molecule has 2 amide bonds. The van der Waals surface area contributed by atoms with E-state index in [0.29, 0.717) is 0 Å². The van der Waals surface area contributed by atoms with E-state index in [-0.39, 0.29) is 6.03 Å². The third kappa shape index (κ3) is 6.16. The maximum atomic E-state index is 10.7. The molecule has 1 aromatic heterocycles. The number of hydrogen-bond acceptors (Lipinski definition) is 2. The van der Waals surface area contributed by atoms with Gasteiger partial charge in [-0.25, -0.2) is 4.79 Å². The summed E-state index contributed by atoms with van der Waals surface area (Å²) in [6, 6.07) is 4.06. The van der Waals surface area contributed by atoms with E-state index in [2.05, 4.69) is 0 Å². The van der Waals surface area contributed by atoms with Crippen LogP contribution in [0.15, 0.2) is 22.9 Å². The maximum Gasteiger partial charge on any atom is 0.318 e. The van der Waals surface area contributed by atoms with Crippen molar-refractivity contribution in [2.75, 3.05) is 28.2 Å². The van der Waals surface area contributed by atoms with Crippen LogP contribution in [0.4, 0.5) is 4.79 Å². The molecule has 0 atom stereocenters. The highest BCUT2D eigenvalue weighted by Gasteiger charge is 2.02. The van der Waals surface area contributed by atoms with Crippen LogP contribution in [0, 0.1) is 0 Å².